The molecule has 3 aromatic heterocycles. The highest BCUT2D eigenvalue weighted by Gasteiger charge is 2.59. The van der Waals surface area contributed by atoms with Crippen LogP contribution < -0.4 is 16.2 Å². The number of halogens is 1. The minimum Gasteiger partial charge on any atom is -0.383 e. The van der Waals surface area contributed by atoms with Crippen molar-refractivity contribution in [3.63, 3.8) is 0 Å². The van der Waals surface area contributed by atoms with E-state index in [0.717, 1.165) is 41.5 Å². The number of aryl methyl sites for hydroxylation is 1. The lowest BCUT2D eigenvalue weighted by Gasteiger charge is -2.61. The summed E-state index contributed by atoms with van der Waals surface area (Å²) >= 11 is 6.68. The van der Waals surface area contributed by atoms with Gasteiger partial charge in [0.1, 0.15) is 23.1 Å². The molecular weight excluding hydrogens is 560 g/mol. The number of aromatic nitrogens is 5. The summed E-state index contributed by atoms with van der Waals surface area (Å²) < 4.78 is 3.58. The second-order valence-corrected chi connectivity index (χ2v) is 13.7. The van der Waals surface area contributed by atoms with Gasteiger partial charge in [-0.15, -0.1) is 5.10 Å². The third kappa shape index (κ3) is 4.52. The van der Waals surface area contributed by atoms with Crippen molar-refractivity contribution >= 4 is 44.8 Å². The third-order valence-corrected chi connectivity index (χ3v) is 9.23. The first-order chi connectivity index (χ1) is 20.6. The van der Waals surface area contributed by atoms with Crippen molar-refractivity contribution in [2.45, 2.75) is 51.6 Å². The molecule has 43 heavy (non-hydrogen) atoms. The van der Waals surface area contributed by atoms with E-state index < -0.39 is 6.04 Å². The number of fused-ring (bicyclic) bond motifs is 2. The number of para-hydroxylation sites is 1. The number of pyridine rings is 2. The lowest BCUT2D eigenvalue weighted by molar-refractivity contribution is -0.0989. The Morgan fingerprint density at radius 3 is 2.56 bits per heavy atom. The summed E-state index contributed by atoms with van der Waals surface area (Å²) in [4.78, 5) is 18.0. The van der Waals surface area contributed by atoms with Crippen LogP contribution in [0.5, 0.6) is 0 Å². The molecule has 3 aliphatic carbocycles. The molecule has 218 valence electrons. The van der Waals surface area contributed by atoms with Crippen molar-refractivity contribution in [1.29, 1.82) is 5.26 Å². The molecule has 2 N–H and O–H groups in total. The number of rotatable bonds is 7. The number of nitriles is 1. The summed E-state index contributed by atoms with van der Waals surface area (Å²) in [5.74, 6) is 1.17. The molecule has 0 radical (unpaired) electrons. The summed E-state index contributed by atoms with van der Waals surface area (Å²) in [6.45, 7) is 7.05. The molecule has 8 rings (SSSR count). The van der Waals surface area contributed by atoms with Crippen molar-refractivity contribution in [3.8, 4) is 6.07 Å². The van der Waals surface area contributed by atoms with E-state index in [1.54, 1.807) is 23.9 Å². The molecule has 2 bridgehead atoms. The Labute approximate surface area is 254 Å². The maximum atomic E-state index is 13.1. The van der Waals surface area contributed by atoms with Gasteiger partial charge in [0.05, 0.1) is 34.0 Å². The summed E-state index contributed by atoms with van der Waals surface area (Å²) in [5.41, 5.74) is 3.11. The lowest BCUT2D eigenvalue weighted by atomic mass is 9.50. The highest BCUT2D eigenvalue weighted by Crippen LogP contribution is 2.62. The predicted molar refractivity (Wildman–Crippen MR) is 169 cm³/mol. The number of nitrogens with zero attached hydrogens (tertiary/aromatic N) is 6. The standard InChI is InChI=1S/C33H33ClN8O/c1-32(2,3)18-36-27-23-9-6-10-25(34)28(23)37-30(24(27)16-35)38-29(26-17-42(40-39-26)33-13-19(14-33)15-33)21-7-5-8-22-20(21)11-12-41(4)31(22)43/h5-12,17,19,29H,13-15,18H2,1-4H3,(H2,36,37,38). The van der Waals surface area contributed by atoms with Crippen molar-refractivity contribution in [1.82, 2.24) is 24.5 Å². The van der Waals surface area contributed by atoms with Gasteiger partial charge in [0.2, 0.25) is 0 Å². The van der Waals surface area contributed by atoms with Crippen LogP contribution in [0.4, 0.5) is 11.5 Å². The average molecular weight is 593 g/mol. The zero-order chi connectivity index (χ0) is 30.1. The maximum absolute atomic E-state index is 13.1. The molecule has 1 atom stereocenters. The van der Waals surface area contributed by atoms with Gasteiger partial charge in [-0.3, -0.25) is 4.79 Å². The Hall–Kier alpha value is -4.42. The predicted octanol–water partition coefficient (Wildman–Crippen LogP) is 6.37. The monoisotopic (exact) mass is 592 g/mol. The van der Waals surface area contributed by atoms with Gasteiger partial charge in [0, 0.05) is 30.6 Å². The normalized spacial score (nSPS) is 19.9. The zero-order valence-corrected chi connectivity index (χ0v) is 25.4. The Morgan fingerprint density at radius 1 is 1.12 bits per heavy atom. The van der Waals surface area contributed by atoms with E-state index in [9.17, 15) is 10.1 Å². The van der Waals surface area contributed by atoms with Gasteiger partial charge in [-0.1, -0.05) is 61.9 Å². The average Bonchev–Trinajstić information content (AvgIpc) is 3.39. The van der Waals surface area contributed by atoms with Gasteiger partial charge < -0.3 is 15.2 Å². The quantitative estimate of drug-likeness (QED) is 0.226. The third-order valence-electron chi connectivity index (χ3n) is 8.92. The van der Waals surface area contributed by atoms with E-state index in [4.69, 9.17) is 16.6 Å². The molecule has 3 aliphatic rings. The first-order valence-corrected chi connectivity index (χ1v) is 15.0. The van der Waals surface area contributed by atoms with Crippen LogP contribution in [0.1, 0.15) is 62.9 Å². The molecule has 0 saturated heterocycles. The van der Waals surface area contributed by atoms with Crippen LogP contribution in [0.25, 0.3) is 21.7 Å². The van der Waals surface area contributed by atoms with E-state index in [-0.39, 0.29) is 16.5 Å². The molecule has 9 nitrogen and oxygen atoms in total. The summed E-state index contributed by atoms with van der Waals surface area (Å²) in [6.07, 6.45) is 7.16. The second-order valence-electron chi connectivity index (χ2n) is 13.3. The molecule has 1 unspecified atom stereocenters. The molecule has 3 fully saturated rings. The topological polar surface area (TPSA) is 113 Å². The largest absolute Gasteiger partial charge is 0.383 e. The molecule has 2 aromatic carbocycles. The first-order valence-electron chi connectivity index (χ1n) is 14.6. The number of hydrogen-bond donors (Lipinski definition) is 2. The Kier molecular flexibility index (Phi) is 6.26. The minimum atomic E-state index is -0.549. The second kappa shape index (κ2) is 9.81. The highest BCUT2D eigenvalue weighted by atomic mass is 35.5. The fraction of sp³-hybridized carbons (Fsp3) is 0.364. The fourth-order valence-corrected chi connectivity index (χ4v) is 6.67. The van der Waals surface area contributed by atoms with Crippen LogP contribution in [-0.2, 0) is 12.6 Å². The first kappa shape index (κ1) is 27.4. The fourth-order valence-electron chi connectivity index (χ4n) is 6.46. The van der Waals surface area contributed by atoms with Crippen LogP contribution in [0.2, 0.25) is 5.02 Å². The molecule has 3 heterocycles. The van der Waals surface area contributed by atoms with Gasteiger partial charge in [-0.2, -0.15) is 5.26 Å². The van der Waals surface area contributed by atoms with Gasteiger partial charge >= 0.3 is 0 Å². The van der Waals surface area contributed by atoms with Gasteiger partial charge in [0.15, 0.2) is 0 Å². The number of nitrogens with one attached hydrogen (secondary N) is 2. The smallest absolute Gasteiger partial charge is 0.258 e. The van der Waals surface area contributed by atoms with Crippen molar-refractivity contribution in [3.05, 3.63) is 87.1 Å². The molecular formula is C33H33ClN8O. The molecule has 0 aliphatic heterocycles. The molecule has 10 heteroatoms. The summed E-state index contributed by atoms with van der Waals surface area (Å²) in [6, 6.07) is 15.1. The van der Waals surface area contributed by atoms with E-state index in [1.165, 1.54) is 0 Å². The molecule has 5 aromatic rings. The van der Waals surface area contributed by atoms with Crippen LogP contribution in [0, 0.1) is 22.7 Å². The van der Waals surface area contributed by atoms with Gasteiger partial charge in [-0.05, 0) is 59.7 Å². The maximum Gasteiger partial charge on any atom is 0.258 e. The Bertz CT molecular complexity index is 2000. The van der Waals surface area contributed by atoms with Crippen LogP contribution in [-0.4, -0.2) is 31.1 Å². The molecule has 0 spiro atoms. The van der Waals surface area contributed by atoms with E-state index in [1.807, 2.05) is 47.3 Å². The van der Waals surface area contributed by atoms with E-state index in [2.05, 4.69) is 47.8 Å². The van der Waals surface area contributed by atoms with Crippen molar-refractivity contribution < 1.29 is 0 Å². The van der Waals surface area contributed by atoms with Crippen LogP contribution >= 0.6 is 11.6 Å². The SMILES string of the molecule is Cn1ccc2c(C(Nc3nc4c(Cl)cccc4c(NCC(C)(C)C)c3C#N)c3cn(C45CC(C4)C5)nn3)cccc2c1=O. The van der Waals surface area contributed by atoms with Crippen molar-refractivity contribution in [2.24, 2.45) is 18.4 Å². The molecule has 0 amide bonds. The minimum absolute atomic E-state index is 0.0356. The van der Waals surface area contributed by atoms with Gasteiger partial charge in [-0.25, -0.2) is 9.67 Å². The molecule has 3 saturated carbocycles. The van der Waals surface area contributed by atoms with E-state index >= 15 is 0 Å². The summed E-state index contributed by atoms with van der Waals surface area (Å²) in [5, 5.41) is 29.5. The highest BCUT2D eigenvalue weighted by molar-refractivity contribution is 6.35. The van der Waals surface area contributed by atoms with Gasteiger partial charge in [0.25, 0.3) is 5.56 Å². The van der Waals surface area contributed by atoms with Crippen molar-refractivity contribution in [2.75, 3.05) is 17.2 Å². The van der Waals surface area contributed by atoms with Crippen LogP contribution in [0.15, 0.2) is 59.7 Å². The Balaban J connectivity index is 1.42. The lowest BCUT2D eigenvalue weighted by Crippen LogP contribution is -2.59. The Morgan fingerprint density at radius 2 is 1.86 bits per heavy atom. The number of benzene rings is 2. The number of hydrogen-bond acceptors (Lipinski definition) is 7. The van der Waals surface area contributed by atoms with E-state index in [0.29, 0.717) is 45.2 Å². The zero-order valence-electron chi connectivity index (χ0n) is 24.6. The summed E-state index contributed by atoms with van der Waals surface area (Å²) in [7, 11) is 1.74. The number of anilines is 2. The van der Waals surface area contributed by atoms with Crippen LogP contribution in [0.3, 0.4) is 0 Å².